The van der Waals surface area contributed by atoms with Crippen LogP contribution in [0.4, 0.5) is 5.13 Å². The maximum atomic E-state index is 12.8. The van der Waals surface area contributed by atoms with E-state index in [0.717, 1.165) is 35.4 Å². The van der Waals surface area contributed by atoms with Crippen LogP contribution in [0.2, 0.25) is 10.0 Å². The van der Waals surface area contributed by atoms with Crippen molar-refractivity contribution in [3.05, 3.63) is 80.3 Å². The molecule has 8 heteroatoms. The molecule has 0 saturated carbocycles. The molecule has 0 saturated heterocycles. The fourth-order valence-corrected chi connectivity index (χ4v) is 4.72. The number of aryl methyl sites for hydroxylation is 1. The summed E-state index contributed by atoms with van der Waals surface area (Å²) in [5.41, 5.74) is 2.26. The number of nitrogens with zero attached hydrogens (tertiary/aromatic N) is 1. The van der Waals surface area contributed by atoms with Crippen LogP contribution in [-0.2, 0) is 17.8 Å². The summed E-state index contributed by atoms with van der Waals surface area (Å²) in [6.07, 6.45) is 2.53. The summed E-state index contributed by atoms with van der Waals surface area (Å²) in [4.78, 5) is 30.9. The molecule has 0 spiro atoms. The highest BCUT2D eigenvalue weighted by Gasteiger charge is 2.30. The lowest BCUT2D eigenvalue weighted by Crippen LogP contribution is -2.31. The van der Waals surface area contributed by atoms with Crippen LogP contribution in [-0.4, -0.2) is 16.8 Å². The number of fused-ring (bicyclic) bond motifs is 1. The molecule has 2 aromatic carbocycles. The number of aromatic nitrogens is 1. The molecule has 1 aliphatic carbocycles. The Kier molecular flexibility index (Phi) is 6.37. The van der Waals surface area contributed by atoms with Crippen LogP contribution in [0.5, 0.6) is 0 Å². The second kappa shape index (κ2) is 9.16. The monoisotopic (exact) mass is 459 g/mol. The molecule has 154 valence electrons. The van der Waals surface area contributed by atoms with Crippen molar-refractivity contribution in [2.24, 2.45) is 0 Å². The average molecular weight is 460 g/mol. The van der Waals surface area contributed by atoms with E-state index in [2.05, 4.69) is 15.6 Å². The molecule has 0 radical (unpaired) electrons. The fraction of sp³-hybridized carbons (Fsp3) is 0.227. The molecule has 5 nitrogen and oxygen atoms in total. The Morgan fingerprint density at radius 2 is 1.70 bits per heavy atom. The van der Waals surface area contributed by atoms with E-state index in [1.165, 1.54) is 11.3 Å². The van der Waals surface area contributed by atoms with Gasteiger partial charge in [-0.2, -0.15) is 0 Å². The van der Waals surface area contributed by atoms with Crippen molar-refractivity contribution < 1.29 is 9.59 Å². The van der Waals surface area contributed by atoms with Crippen LogP contribution in [0.25, 0.3) is 0 Å². The van der Waals surface area contributed by atoms with E-state index < -0.39 is 0 Å². The molecule has 1 aromatic heterocycles. The van der Waals surface area contributed by atoms with E-state index in [4.69, 9.17) is 23.2 Å². The van der Waals surface area contributed by atoms with E-state index >= 15 is 0 Å². The zero-order valence-electron chi connectivity index (χ0n) is 16.0. The Morgan fingerprint density at radius 1 is 1.03 bits per heavy atom. The fourth-order valence-electron chi connectivity index (χ4n) is 3.41. The summed E-state index contributed by atoms with van der Waals surface area (Å²) in [6.45, 7) is 0.437. The van der Waals surface area contributed by atoms with Crippen molar-refractivity contribution in [1.82, 2.24) is 10.3 Å². The van der Waals surface area contributed by atoms with Crippen molar-refractivity contribution in [3.63, 3.8) is 0 Å². The molecule has 1 aliphatic rings. The normalized spacial score (nSPS) is 15.3. The second-order valence-corrected chi connectivity index (χ2v) is 9.03. The number of thiazole rings is 1. The Balaban J connectivity index is 1.44. The quantitative estimate of drug-likeness (QED) is 0.533. The van der Waals surface area contributed by atoms with Crippen molar-refractivity contribution in [1.29, 1.82) is 0 Å². The van der Waals surface area contributed by atoms with Crippen LogP contribution < -0.4 is 10.6 Å². The van der Waals surface area contributed by atoms with Gasteiger partial charge in [0.1, 0.15) is 0 Å². The first-order chi connectivity index (χ1) is 14.5. The Labute approximate surface area is 188 Å². The molecule has 0 bridgehead atoms. The number of hydrogen-bond acceptors (Lipinski definition) is 4. The largest absolute Gasteiger partial charge is 0.351 e. The number of halogens is 2. The van der Waals surface area contributed by atoms with Gasteiger partial charge in [0, 0.05) is 27.0 Å². The summed E-state index contributed by atoms with van der Waals surface area (Å²) < 4.78 is 0. The van der Waals surface area contributed by atoms with Crippen LogP contribution in [0.1, 0.15) is 45.3 Å². The van der Waals surface area contributed by atoms with Gasteiger partial charge >= 0.3 is 0 Å². The zero-order valence-corrected chi connectivity index (χ0v) is 18.3. The SMILES string of the molecule is O=C(Nc1nc2c(s1)CCCC2C(=O)NCc1ccc(Cl)cc1)c1ccc(Cl)cc1. The van der Waals surface area contributed by atoms with Gasteiger partial charge in [0.15, 0.2) is 5.13 Å². The number of hydrogen-bond donors (Lipinski definition) is 2. The predicted octanol–water partition coefficient (Wildman–Crippen LogP) is 5.44. The molecule has 1 unspecified atom stereocenters. The summed E-state index contributed by atoms with van der Waals surface area (Å²) in [6, 6.07) is 14.1. The lowest BCUT2D eigenvalue weighted by molar-refractivity contribution is -0.123. The van der Waals surface area contributed by atoms with E-state index in [9.17, 15) is 9.59 Å². The van der Waals surface area contributed by atoms with Gasteiger partial charge in [-0.25, -0.2) is 4.98 Å². The third kappa shape index (κ3) is 4.83. The molecular weight excluding hydrogens is 441 g/mol. The number of amides is 2. The second-order valence-electron chi connectivity index (χ2n) is 7.08. The van der Waals surface area contributed by atoms with E-state index in [0.29, 0.717) is 27.3 Å². The van der Waals surface area contributed by atoms with Gasteiger partial charge < -0.3 is 5.32 Å². The van der Waals surface area contributed by atoms with E-state index in [1.54, 1.807) is 36.4 Å². The maximum absolute atomic E-state index is 12.8. The summed E-state index contributed by atoms with van der Waals surface area (Å²) in [5, 5.41) is 7.58. The van der Waals surface area contributed by atoms with Crippen LogP contribution in [0, 0.1) is 0 Å². The Bertz CT molecular complexity index is 1060. The van der Waals surface area contributed by atoms with Gasteiger partial charge in [-0.05, 0) is 61.2 Å². The lowest BCUT2D eigenvalue weighted by Gasteiger charge is -2.20. The molecule has 2 N–H and O–H groups in total. The molecule has 4 rings (SSSR count). The molecule has 0 aliphatic heterocycles. The number of benzene rings is 2. The number of anilines is 1. The van der Waals surface area contributed by atoms with Crippen molar-refractivity contribution in [3.8, 4) is 0 Å². The van der Waals surface area contributed by atoms with Crippen molar-refractivity contribution >= 4 is 51.5 Å². The van der Waals surface area contributed by atoms with Crippen LogP contribution in [0.3, 0.4) is 0 Å². The third-order valence-corrected chi connectivity index (χ3v) is 6.53. The van der Waals surface area contributed by atoms with E-state index in [1.807, 2.05) is 12.1 Å². The first-order valence-electron chi connectivity index (χ1n) is 9.58. The molecule has 1 heterocycles. The molecule has 1 atom stereocenters. The van der Waals surface area contributed by atoms with E-state index in [-0.39, 0.29) is 17.7 Å². The minimum absolute atomic E-state index is 0.0493. The Hall–Kier alpha value is -2.41. The maximum Gasteiger partial charge on any atom is 0.257 e. The number of carbonyl (C=O) groups is 2. The van der Waals surface area contributed by atoms with Gasteiger partial charge in [-0.1, -0.05) is 35.3 Å². The van der Waals surface area contributed by atoms with Crippen molar-refractivity contribution in [2.75, 3.05) is 5.32 Å². The zero-order chi connectivity index (χ0) is 21.1. The first kappa shape index (κ1) is 20.8. The van der Waals surface area contributed by atoms with Gasteiger partial charge in [0.25, 0.3) is 5.91 Å². The van der Waals surface area contributed by atoms with Gasteiger partial charge in [-0.3, -0.25) is 14.9 Å². The number of carbonyl (C=O) groups excluding carboxylic acids is 2. The van der Waals surface area contributed by atoms with Gasteiger partial charge in [0.05, 0.1) is 11.6 Å². The lowest BCUT2D eigenvalue weighted by atomic mass is 9.90. The summed E-state index contributed by atoms with van der Waals surface area (Å²) in [7, 11) is 0. The van der Waals surface area contributed by atoms with Crippen molar-refractivity contribution in [2.45, 2.75) is 31.7 Å². The first-order valence-corrected chi connectivity index (χ1v) is 11.2. The molecule has 2 amide bonds. The highest BCUT2D eigenvalue weighted by atomic mass is 35.5. The van der Waals surface area contributed by atoms with Crippen LogP contribution in [0.15, 0.2) is 48.5 Å². The highest BCUT2D eigenvalue weighted by molar-refractivity contribution is 7.16. The standard InChI is InChI=1S/C22H19Cl2N3O2S/c23-15-8-4-13(5-9-15)12-25-21(29)17-2-1-3-18-19(17)26-22(30-18)27-20(28)14-6-10-16(24)11-7-14/h4-11,17H,1-3,12H2,(H,25,29)(H,26,27,28). The minimum Gasteiger partial charge on any atom is -0.351 e. The Morgan fingerprint density at radius 3 is 2.40 bits per heavy atom. The predicted molar refractivity (Wildman–Crippen MR) is 120 cm³/mol. The van der Waals surface area contributed by atoms with Crippen LogP contribution >= 0.6 is 34.5 Å². The third-order valence-electron chi connectivity index (χ3n) is 4.98. The minimum atomic E-state index is -0.307. The number of rotatable bonds is 5. The summed E-state index contributed by atoms with van der Waals surface area (Å²) >= 11 is 13.2. The molecule has 0 fully saturated rings. The average Bonchev–Trinajstić information content (AvgIpc) is 3.16. The summed E-state index contributed by atoms with van der Waals surface area (Å²) in [5.74, 6) is -0.605. The highest BCUT2D eigenvalue weighted by Crippen LogP contribution is 2.37. The van der Waals surface area contributed by atoms with Gasteiger partial charge in [0.2, 0.25) is 5.91 Å². The smallest absolute Gasteiger partial charge is 0.257 e. The molecule has 3 aromatic rings. The van der Waals surface area contributed by atoms with Gasteiger partial charge in [-0.15, -0.1) is 11.3 Å². The molecule has 30 heavy (non-hydrogen) atoms. The topological polar surface area (TPSA) is 71.1 Å². The molecular formula is C22H19Cl2N3O2S. The number of nitrogens with one attached hydrogen (secondary N) is 2.